The number of pyridine rings is 1. The molecule has 1 aromatic rings. The van der Waals surface area contributed by atoms with Crippen LogP contribution in [0, 0.1) is 5.92 Å². The SMILES string of the molecule is CC1CCSC1CC(=O)c1ccnc(N)c1C(=O)Cl. The van der Waals surface area contributed by atoms with Gasteiger partial charge in [0.05, 0.1) is 5.56 Å². The fraction of sp³-hybridized carbons (Fsp3) is 0.462. The number of carbonyl (C=O) groups is 2. The van der Waals surface area contributed by atoms with Crippen molar-refractivity contribution in [3.05, 3.63) is 23.4 Å². The van der Waals surface area contributed by atoms with Crippen LogP contribution in [0.1, 0.15) is 40.5 Å². The minimum atomic E-state index is -0.735. The highest BCUT2D eigenvalue weighted by Gasteiger charge is 2.28. The zero-order chi connectivity index (χ0) is 14.0. The van der Waals surface area contributed by atoms with Crippen LogP contribution in [0.2, 0.25) is 0 Å². The number of nitrogens with two attached hydrogens (primary N) is 1. The van der Waals surface area contributed by atoms with E-state index in [0.717, 1.165) is 12.2 Å². The molecule has 0 spiro atoms. The number of Topliss-reactive ketones (excluding diaryl/α,β-unsaturated/α-hetero) is 1. The molecule has 2 N–H and O–H groups in total. The summed E-state index contributed by atoms with van der Waals surface area (Å²) in [6, 6.07) is 1.51. The van der Waals surface area contributed by atoms with Crippen molar-refractivity contribution in [2.45, 2.75) is 25.0 Å². The molecule has 6 heteroatoms. The summed E-state index contributed by atoms with van der Waals surface area (Å²) < 4.78 is 0. The predicted octanol–water partition coefficient (Wildman–Crippen LogP) is 2.76. The third-order valence-corrected chi connectivity index (χ3v) is 5.12. The Bertz CT molecular complexity index is 521. The maximum atomic E-state index is 12.3. The molecule has 19 heavy (non-hydrogen) atoms. The summed E-state index contributed by atoms with van der Waals surface area (Å²) in [4.78, 5) is 27.5. The molecule has 2 heterocycles. The summed E-state index contributed by atoms with van der Waals surface area (Å²) in [6.45, 7) is 2.15. The lowest BCUT2D eigenvalue weighted by atomic mass is 9.96. The Kier molecular flexibility index (Phi) is 4.47. The lowest BCUT2D eigenvalue weighted by Crippen LogP contribution is -2.17. The Morgan fingerprint density at radius 2 is 2.32 bits per heavy atom. The molecule has 1 fully saturated rings. The number of aromatic nitrogens is 1. The zero-order valence-electron chi connectivity index (χ0n) is 10.6. The first kappa shape index (κ1) is 14.3. The van der Waals surface area contributed by atoms with Gasteiger partial charge in [0, 0.05) is 23.4 Å². The van der Waals surface area contributed by atoms with Crippen LogP contribution in [0.15, 0.2) is 12.3 Å². The average Bonchev–Trinajstić information content (AvgIpc) is 2.74. The molecular formula is C13H15ClN2O2S. The summed E-state index contributed by atoms with van der Waals surface area (Å²) >= 11 is 7.29. The van der Waals surface area contributed by atoms with Gasteiger partial charge in [-0.05, 0) is 35.8 Å². The molecule has 0 aromatic carbocycles. The lowest BCUT2D eigenvalue weighted by Gasteiger charge is -2.14. The van der Waals surface area contributed by atoms with Crippen molar-refractivity contribution in [1.29, 1.82) is 0 Å². The van der Waals surface area contributed by atoms with Crippen LogP contribution in [0.25, 0.3) is 0 Å². The number of carbonyl (C=O) groups excluding carboxylic acids is 2. The Morgan fingerprint density at radius 3 is 2.89 bits per heavy atom. The van der Waals surface area contributed by atoms with Gasteiger partial charge in [-0.2, -0.15) is 11.8 Å². The first-order chi connectivity index (χ1) is 9.00. The van der Waals surface area contributed by atoms with Crippen molar-refractivity contribution < 1.29 is 9.59 Å². The van der Waals surface area contributed by atoms with Crippen LogP contribution < -0.4 is 5.73 Å². The van der Waals surface area contributed by atoms with Crippen molar-refractivity contribution in [2.24, 2.45) is 5.92 Å². The summed E-state index contributed by atoms with van der Waals surface area (Å²) in [7, 11) is 0. The van der Waals surface area contributed by atoms with E-state index in [2.05, 4.69) is 11.9 Å². The standard InChI is InChI=1S/C13H15ClN2O2S/c1-7-3-5-19-10(7)6-9(17)8-2-4-16-13(15)11(8)12(14)18/h2,4,7,10H,3,5-6H2,1H3,(H2,15,16). The first-order valence-electron chi connectivity index (χ1n) is 6.09. The molecule has 102 valence electrons. The molecule has 1 aromatic heterocycles. The molecule has 0 saturated carbocycles. The topological polar surface area (TPSA) is 73.1 Å². The van der Waals surface area contributed by atoms with Gasteiger partial charge in [0.2, 0.25) is 0 Å². The van der Waals surface area contributed by atoms with Gasteiger partial charge in [0.1, 0.15) is 5.82 Å². The number of halogens is 1. The molecule has 0 radical (unpaired) electrons. The zero-order valence-corrected chi connectivity index (χ0v) is 12.1. The Labute approximate surface area is 121 Å². The van der Waals surface area contributed by atoms with E-state index in [9.17, 15) is 9.59 Å². The number of hydrogen-bond acceptors (Lipinski definition) is 5. The van der Waals surface area contributed by atoms with Crippen molar-refractivity contribution in [3.8, 4) is 0 Å². The van der Waals surface area contributed by atoms with Crippen LogP contribution in [0.3, 0.4) is 0 Å². The fourth-order valence-electron chi connectivity index (χ4n) is 2.23. The third-order valence-electron chi connectivity index (χ3n) is 3.40. The number of anilines is 1. The lowest BCUT2D eigenvalue weighted by molar-refractivity contribution is 0.0969. The highest BCUT2D eigenvalue weighted by molar-refractivity contribution is 8.00. The molecule has 0 bridgehead atoms. The molecule has 1 aliphatic heterocycles. The Balaban J connectivity index is 2.24. The number of nitrogens with zero attached hydrogens (tertiary/aromatic N) is 1. The van der Waals surface area contributed by atoms with Crippen molar-refractivity contribution in [2.75, 3.05) is 11.5 Å². The first-order valence-corrected chi connectivity index (χ1v) is 7.52. The van der Waals surface area contributed by atoms with E-state index < -0.39 is 5.24 Å². The Morgan fingerprint density at radius 1 is 1.58 bits per heavy atom. The van der Waals surface area contributed by atoms with E-state index in [4.69, 9.17) is 17.3 Å². The number of hydrogen-bond donors (Lipinski definition) is 1. The van der Waals surface area contributed by atoms with Crippen LogP contribution in [0.4, 0.5) is 5.82 Å². The van der Waals surface area contributed by atoms with E-state index in [1.807, 2.05) is 0 Å². The molecule has 2 rings (SSSR count). The van der Waals surface area contributed by atoms with Gasteiger partial charge in [-0.1, -0.05) is 6.92 Å². The van der Waals surface area contributed by atoms with Gasteiger partial charge in [0.25, 0.3) is 5.24 Å². The van der Waals surface area contributed by atoms with Crippen LogP contribution in [-0.4, -0.2) is 27.0 Å². The smallest absolute Gasteiger partial charge is 0.256 e. The maximum Gasteiger partial charge on any atom is 0.256 e. The normalized spacial score (nSPS) is 22.4. The highest BCUT2D eigenvalue weighted by atomic mass is 35.5. The van der Waals surface area contributed by atoms with Crippen molar-refractivity contribution >= 4 is 40.2 Å². The second kappa shape index (κ2) is 5.92. The van der Waals surface area contributed by atoms with E-state index in [1.54, 1.807) is 11.8 Å². The predicted molar refractivity (Wildman–Crippen MR) is 77.8 cm³/mol. The average molecular weight is 299 g/mol. The summed E-state index contributed by atoms with van der Waals surface area (Å²) in [5.41, 5.74) is 5.94. The minimum absolute atomic E-state index is 0.0120. The van der Waals surface area contributed by atoms with Gasteiger partial charge in [-0.3, -0.25) is 9.59 Å². The van der Waals surface area contributed by atoms with Crippen LogP contribution in [-0.2, 0) is 0 Å². The fourth-order valence-corrected chi connectivity index (χ4v) is 3.97. The highest BCUT2D eigenvalue weighted by Crippen LogP contribution is 2.35. The van der Waals surface area contributed by atoms with E-state index in [0.29, 0.717) is 17.6 Å². The number of ketones is 1. The molecule has 1 aliphatic rings. The quantitative estimate of drug-likeness (QED) is 0.683. The largest absolute Gasteiger partial charge is 0.383 e. The molecule has 1 saturated heterocycles. The Hall–Kier alpha value is -1.07. The van der Waals surface area contributed by atoms with E-state index in [1.165, 1.54) is 12.3 Å². The second-order valence-corrected chi connectivity index (χ2v) is 6.39. The third kappa shape index (κ3) is 3.09. The van der Waals surface area contributed by atoms with Gasteiger partial charge in [-0.15, -0.1) is 0 Å². The summed E-state index contributed by atoms with van der Waals surface area (Å²) in [6.07, 6.45) is 2.96. The van der Waals surface area contributed by atoms with Gasteiger partial charge >= 0.3 is 0 Å². The number of rotatable bonds is 4. The molecule has 2 atom stereocenters. The molecular weight excluding hydrogens is 284 g/mol. The van der Waals surface area contributed by atoms with Gasteiger partial charge in [-0.25, -0.2) is 4.98 Å². The summed E-state index contributed by atoms with van der Waals surface area (Å²) in [5.74, 6) is 1.52. The molecule has 0 amide bonds. The molecule has 2 unspecified atom stereocenters. The monoisotopic (exact) mass is 298 g/mol. The molecule has 4 nitrogen and oxygen atoms in total. The van der Waals surface area contributed by atoms with Gasteiger partial charge in [0.15, 0.2) is 5.78 Å². The summed E-state index contributed by atoms with van der Waals surface area (Å²) in [5, 5.41) is -0.429. The van der Waals surface area contributed by atoms with E-state index in [-0.39, 0.29) is 22.7 Å². The number of thioether (sulfide) groups is 1. The van der Waals surface area contributed by atoms with Crippen molar-refractivity contribution in [1.82, 2.24) is 4.98 Å². The number of nitrogen functional groups attached to an aromatic ring is 1. The van der Waals surface area contributed by atoms with Crippen LogP contribution >= 0.6 is 23.4 Å². The minimum Gasteiger partial charge on any atom is -0.383 e. The van der Waals surface area contributed by atoms with Crippen molar-refractivity contribution in [3.63, 3.8) is 0 Å². The van der Waals surface area contributed by atoms with Gasteiger partial charge < -0.3 is 5.73 Å². The second-order valence-electron chi connectivity index (χ2n) is 4.69. The maximum absolute atomic E-state index is 12.3. The van der Waals surface area contributed by atoms with E-state index >= 15 is 0 Å². The molecule has 0 aliphatic carbocycles. The van der Waals surface area contributed by atoms with Crippen LogP contribution in [0.5, 0.6) is 0 Å².